The summed E-state index contributed by atoms with van der Waals surface area (Å²) in [6, 6.07) is 0.715. The number of carbonyl (C=O) groups is 1. The molecule has 0 bridgehead atoms. The topological polar surface area (TPSA) is 20.3 Å². The molecule has 2 nitrogen and oxygen atoms in total. The minimum atomic E-state index is 0.336. The molecule has 0 radical (unpaired) electrons. The second kappa shape index (κ2) is 4.40. The van der Waals surface area contributed by atoms with Gasteiger partial charge in [-0.2, -0.15) is 0 Å². The molecule has 2 heterocycles. The summed E-state index contributed by atoms with van der Waals surface area (Å²) >= 11 is 0. The van der Waals surface area contributed by atoms with E-state index in [9.17, 15) is 4.79 Å². The normalized spacial score (nSPS) is 44.2. The number of hydrogen-bond acceptors (Lipinski definition) is 2. The third-order valence-electron chi connectivity index (χ3n) is 5.69. The predicted octanol–water partition coefficient (Wildman–Crippen LogP) is 3.24. The number of hydrogen-bond donors (Lipinski definition) is 0. The molecule has 0 aromatic rings. The van der Waals surface area contributed by atoms with Gasteiger partial charge in [0.2, 0.25) is 0 Å². The molecule has 2 heteroatoms. The van der Waals surface area contributed by atoms with Gasteiger partial charge in [-0.25, -0.2) is 0 Å². The number of allylic oxidation sites excluding steroid dienone is 2. The van der Waals surface area contributed by atoms with Crippen LogP contribution in [0.25, 0.3) is 0 Å². The highest BCUT2D eigenvalue weighted by Crippen LogP contribution is 2.47. The largest absolute Gasteiger partial charge is 0.371 e. The quantitative estimate of drug-likeness (QED) is 0.655. The number of nitrogens with zero attached hydrogens (tertiary/aromatic N) is 1. The molecule has 5 unspecified atom stereocenters. The van der Waals surface area contributed by atoms with Crippen molar-refractivity contribution < 1.29 is 4.79 Å². The second-order valence-corrected chi connectivity index (χ2v) is 6.78. The average Bonchev–Trinajstić information content (AvgIpc) is 2.36. The molecule has 3 rings (SSSR count). The highest BCUT2D eigenvalue weighted by molar-refractivity contribution is 5.91. The van der Waals surface area contributed by atoms with E-state index in [0.717, 1.165) is 30.7 Å². The Kier molecular flexibility index (Phi) is 2.99. The Hall–Kier alpha value is -0.790. The van der Waals surface area contributed by atoms with E-state index in [1.165, 1.54) is 25.0 Å². The van der Waals surface area contributed by atoms with Crippen LogP contribution in [0.15, 0.2) is 11.8 Å². The molecule has 0 aromatic heterocycles. The molecule has 0 amide bonds. The Balaban J connectivity index is 1.93. The van der Waals surface area contributed by atoms with E-state index >= 15 is 0 Å². The Morgan fingerprint density at radius 1 is 1.22 bits per heavy atom. The van der Waals surface area contributed by atoms with Gasteiger partial charge in [0.1, 0.15) is 0 Å². The lowest BCUT2D eigenvalue weighted by molar-refractivity contribution is -0.116. The van der Waals surface area contributed by atoms with E-state index in [4.69, 9.17) is 0 Å². The molecule has 1 saturated heterocycles. The van der Waals surface area contributed by atoms with E-state index in [1.54, 1.807) is 0 Å². The molecule has 0 N–H and O–H groups in total. The zero-order chi connectivity index (χ0) is 12.9. The summed E-state index contributed by atoms with van der Waals surface area (Å²) in [6.45, 7) is 8.09. The van der Waals surface area contributed by atoms with Crippen molar-refractivity contribution in [1.29, 1.82) is 0 Å². The minimum absolute atomic E-state index is 0.336. The van der Waals surface area contributed by atoms with Crippen LogP contribution in [0.4, 0.5) is 0 Å². The molecule has 0 spiro atoms. The third-order valence-corrected chi connectivity index (χ3v) is 5.69. The molecule has 2 fully saturated rings. The van der Waals surface area contributed by atoms with Crippen LogP contribution < -0.4 is 0 Å². The molecule has 1 aliphatic carbocycles. The van der Waals surface area contributed by atoms with Gasteiger partial charge in [0.15, 0.2) is 5.78 Å². The molecular formula is C16H25NO. The standard InChI is InChI=1S/C16H25NO/c1-10-4-5-15-14(8-10)11(2)12(3)16-9-13(18)6-7-17(15)16/h9-12,14-15H,4-8H2,1-3H3. The first-order valence-electron chi connectivity index (χ1n) is 7.59. The second-order valence-electron chi connectivity index (χ2n) is 6.78. The monoisotopic (exact) mass is 247 g/mol. The predicted molar refractivity (Wildman–Crippen MR) is 73.0 cm³/mol. The first-order chi connectivity index (χ1) is 8.58. The number of rotatable bonds is 0. The Labute approximate surface area is 110 Å². The van der Waals surface area contributed by atoms with Gasteiger partial charge >= 0.3 is 0 Å². The van der Waals surface area contributed by atoms with E-state index in [-0.39, 0.29) is 0 Å². The van der Waals surface area contributed by atoms with Crippen LogP contribution in [-0.2, 0) is 4.79 Å². The van der Waals surface area contributed by atoms with Crippen molar-refractivity contribution in [3.05, 3.63) is 11.8 Å². The number of carbonyl (C=O) groups excluding carboxylic acids is 1. The molecule has 3 aliphatic rings. The van der Waals surface area contributed by atoms with E-state index in [0.29, 0.717) is 17.7 Å². The van der Waals surface area contributed by atoms with Crippen molar-refractivity contribution >= 4 is 5.78 Å². The first kappa shape index (κ1) is 12.3. The summed E-state index contributed by atoms with van der Waals surface area (Å²) in [7, 11) is 0. The van der Waals surface area contributed by atoms with Gasteiger partial charge in [0.25, 0.3) is 0 Å². The summed E-state index contributed by atoms with van der Waals surface area (Å²) in [5.41, 5.74) is 1.34. The average molecular weight is 247 g/mol. The van der Waals surface area contributed by atoms with Crippen molar-refractivity contribution in [3.8, 4) is 0 Å². The molecule has 5 atom stereocenters. The zero-order valence-corrected chi connectivity index (χ0v) is 11.9. The van der Waals surface area contributed by atoms with Gasteiger partial charge in [0.05, 0.1) is 0 Å². The van der Waals surface area contributed by atoms with Gasteiger partial charge in [-0.15, -0.1) is 0 Å². The van der Waals surface area contributed by atoms with Crippen LogP contribution in [0.1, 0.15) is 46.5 Å². The molecular weight excluding hydrogens is 222 g/mol. The fourth-order valence-corrected chi connectivity index (χ4v) is 4.43. The SMILES string of the molecule is CC1CCC2C(C1)C(C)C(C)C1=CC(=O)CCN12. The van der Waals surface area contributed by atoms with Gasteiger partial charge in [-0.1, -0.05) is 20.8 Å². The Morgan fingerprint density at radius 3 is 2.78 bits per heavy atom. The van der Waals surface area contributed by atoms with Crippen LogP contribution in [0.3, 0.4) is 0 Å². The Morgan fingerprint density at radius 2 is 2.00 bits per heavy atom. The van der Waals surface area contributed by atoms with Gasteiger partial charge in [-0.3, -0.25) is 4.79 Å². The van der Waals surface area contributed by atoms with Crippen LogP contribution >= 0.6 is 0 Å². The van der Waals surface area contributed by atoms with Gasteiger partial charge in [-0.05, 0) is 42.9 Å². The molecule has 2 aliphatic heterocycles. The van der Waals surface area contributed by atoms with Crippen LogP contribution in [-0.4, -0.2) is 23.3 Å². The van der Waals surface area contributed by atoms with E-state index in [1.807, 2.05) is 6.08 Å². The van der Waals surface area contributed by atoms with Crippen LogP contribution in [0, 0.1) is 23.7 Å². The number of ketones is 1. The summed E-state index contributed by atoms with van der Waals surface area (Å²) in [5.74, 6) is 3.35. The maximum absolute atomic E-state index is 11.7. The van der Waals surface area contributed by atoms with E-state index in [2.05, 4.69) is 25.7 Å². The maximum atomic E-state index is 11.7. The summed E-state index contributed by atoms with van der Waals surface area (Å²) in [4.78, 5) is 14.3. The summed E-state index contributed by atoms with van der Waals surface area (Å²) in [5, 5.41) is 0. The lowest BCUT2D eigenvalue weighted by Crippen LogP contribution is -2.54. The van der Waals surface area contributed by atoms with Crippen molar-refractivity contribution in [1.82, 2.24) is 4.90 Å². The highest BCUT2D eigenvalue weighted by atomic mass is 16.1. The summed E-state index contributed by atoms with van der Waals surface area (Å²) in [6.07, 6.45) is 6.74. The van der Waals surface area contributed by atoms with Gasteiger partial charge in [0, 0.05) is 30.8 Å². The third kappa shape index (κ3) is 1.81. The molecule has 100 valence electrons. The van der Waals surface area contributed by atoms with Gasteiger partial charge < -0.3 is 4.90 Å². The van der Waals surface area contributed by atoms with E-state index < -0.39 is 0 Å². The fourth-order valence-electron chi connectivity index (χ4n) is 4.43. The first-order valence-corrected chi connectivity index (χ1v) is 7.59. The minimum Gasteiger partial charge on any atom is -0.371 e. The fraction of sp³-hybridized carbons (Fsp3) is 0.812. The number of piperidine rings is 1. The molecule has 0 aromatic carbocycles. The zero-order valence-electron chi connectivity index (χ0n) is 11.9. The van der Waals surface area contributed by atoms with Crippen molar-refractivity contribution in [2.45, 2.75) is 52.5 Å². The Bertz CT molecular complexity index is 387. The van der Waals surface area contributed by atoms with Crippen molar-refractivity contribution in [2.24, 2.45) is 23.7 Å². The smallest absolute Gasteiger partial charge is 0.159 e. The molecule has 1 saturated carbocycles. The van der Waals surface area contributed by atoms with Crippen LogP contribution in [0.2, 0.25) is 0 Å². The van der Waals surface area contributed by atoms with Crippen LogP contribution in [0.5, 0.6) is 0 Å². The van der Waals surface area contributed by atoms with Crippen molar-refractivity contribution in [3.63, 3.8) is 0 Å². The lowest BCUT2D eigenvalue weighted by atomic mass is 9.65. The maximum Gasteiger partial charge on any atom is 0.159 e. The summed E-state index contributed by atoms with van der Waals surface area (Å²) < 4.78 is 0. The lowest BCUT2D eigenvalue weighted by Gasteiger charge is -2.54. The number of fused-ring (bicyclic) bond motifs is 3. The molecule has 18 heavy (non-hydrogen) atoms. The highest BCUT2D eigenvalue weighted by Gasteiger charge is 2.45. The van der Waals surface area contributed by atoms with Crippen molar-refractivity contribution in [2.75, 3.05) is 6.54 Å².